The summed E-state index contributed by atoms with van der Waals surface area (Å²) in [6.45, 7) is 4.94. The number of carbonyl (C=O) groups is 2. The molecule has 0 heterocycles. The molecule has 0 spiro atoms. The summed E-state index contributed by atoms with van der Waals surface area (Å²) >= 11 is 0. The summed E-state index contributed by atoms with van der Waals surface area (Å²) in [5, 5.41) is 23.3. The third-order valence-electron chi connectivity index (χ3n) is 19.6. The van der Waals surface area contributed by atoms with Crippen molar-refractivity contribution < 1.29 is 24.5 Å². The number of allylic oxidation sites excluding steroid dienone is 5. The number of unbranched alkanes of at least 4 members (excludes halogenated alkanes) is 64. The lowest BCUT2D eigenvalue weighted by Crippen LogP contribution is -2.45. The van der Waals surface area contributed by atoms with Crippen LogP contribution >= 0.6 is 0 Å². The largest absolute Gasteiger partial charge is 0.466 e. The molecule has 91 heavy (non-hydrogen) atoms. The maximum absolute atomic E-state index is 12.6. The number of carbonyl (C=O) groups excluding carboxylic acids is 2. The van der Waals surface area contributed by atoms with Gasteiger partial charge in [-0.3, -0.25) is 9.59 Å². The first kappa shape index (κ1) is 89.1. The Labute approximate surface area is 570 Å². The molecule has 2 unspecified atom stereocenters. The van der Waals surface area contributed by atoms with E-state index in [1.165, 1.54) is 398 Å². The van der Waals surface area contributed by atoms with E-state index in [9.17, 15) is 19.8 Å². The number of amides is 1. The zero-order valence-electron chi connectivity index (χ0n) is 61.9. The normalized spacial score (nSPS) is 12.6. The van der Waals surface area contributed by atoms with Gasteiger partial charge in [0.1, 0.15) is 0 Å². The van der Waals surface area contributed by atoms with Gasteiger partial charge in [0.25, 0.3) is 0 Å². The van der Waals surface area contributed by atoms with Crippen LogP contribution in [0.3, 0.4) is 0 Å². The van der Waals surface area contributed by atoms with Gasteiger partial charge in [-0.2, -0.15) is 0 Å². The van der Waals surface area contributed by atoms with Gasteiger partial charge in [-0.1, -0.05) is 410 Å². The maximum atomic E-state index is 12.6. The van der Waals surface area contributed by atoms with Crippen molar-refractivity contribution in [1.29, 1.82) is 0 Å². The summed E-state index contributed by atoms with van der Waals surface area (Å²) < 4.78 is 5.49. The van der Waals surface area contributed by atoms with Gasteiger partial charge in [-0.15, -0.1) is 0 Å². The van der Waals surface area contributed by atoms with Gasteiger partial charge < -0.3 is 20.3 Å². The molecule has 2 atom stereocenters. The number of rotatable bonds is 79. The molecule has 3 N–H and O–H groups in total. The van der Waals surface area contributed by atoms with Gasteiger partial charge in [0.05, 0.1) is 25.4 Å². The van der Waals surface area contributed by atoms with Gasteiger partial charge in [-0.25, -0.2) is 0 Å². The van der Waals surface area contributed by atoms with E-state index in [-0.39, 0.29) is 18.5 Å². The molecule has 0 aromatic heterocycles. The molecule has 0 fully saturated rings. The monoisotopic (exact) mass is 1280 g/mol. The zero-order chi connectivity index (χ0) is 65.6. The van der Waals surface area contributed by atoms with Crippen molar-refractivity contribution in [2.75, 3.05) is 13.2 Å². The van der Waals surface area contributed by atoms with Gasteiger partial charge in [0.15, 0.2) is 0 Å². The van der Waals surface area contributed by atoms with Crippen molar-refractivity contribution in [2.24, 2.45) is 0 Å². The minimum absolute atomic E-state index is 0.0127. The van der Waals surface area contributed by atoms with Gasteiger partial charge in [0.2, 0.25) is 5.91 Å². The first-order valence-electron chi connectivity index (χ1n) is 41.8. The molecule has 0 saturated carbocycles. The van der Waals surface area contributed by atoms with Gasteiger partial charge in [-0.05, 0) is 83.5 Å². The fraction of sp³-hybridized carbons (Fsp3) is 0.906. The lowest BCUT2D eigenvalue weighted by atomic mass is 10.0. The van der Waals surface area contributed by atoms with E-state index in [4.69, 9.17) is 4.74 Å². The van der Waals surface area contributed by atoms with Crippen LogP contribution in [0, 0.1) is 0 Å². The summed E-state index contributed by atoms with van der Waals surface area (Å²) in [6, 6.07) is -0.626. The minimum Gasteiger partial charge on any atom is -0.466 e. The van der Waals surface area contributed by atoms with Gasteiger partial charge in [0, 0.05) is 12.8 Å². The molecule has 0 saturated heterocycles. The fourth-order valence-corrected chi connectivity index (χ4v) is 13.3. The van der Waals surface area contributed by atoms with E-state index in [1.807, 2.05) is 6.08 Å². The SMILES string of the molecule is CCCCCC/C=C\CCCCCCCC(=O)OCCCCCCCCCCCCCCCCCC/C=C\CCCCCCCCCCCCCCCCCCCC(=O)NC(CO)C(O)/C=C/CCCCCCCCCCCCCCCCCCCCCCCC. The van der Waals surface area contributed by atoms with Crippen LogP contribution in [-0.2, 0) is 14.3 Å². The third-order valence-corrected chi connectivity index (χ3v) is 19.6. The van der Waals surface area contributed by atoms with Crippen molar-refractivity contribution in [1.82, 2.24) is 5.32 Å². The van der Waals surface area contributed by atoms with Crippen LogP contribution < -0.4 is 5.32 Å². The number of ether oxygens (including phenoxy) is 1. The molecule has 0 rings (SSSR count). The van der Waals surface area contributed by atoms with E-state index >= 15 is 0 Å². The van der Waals surface area contributed by atoms with Gasteiger partial charge >= 0.3 is 5.97 Å². The van der Waals surface area contributed by atoms with Crippen LogP contribution in [-0.4, -0.2) is 47.4 Å². The third kappa shape index (κ3) is 77.0. The Morgan fingerprint density at radius 2 is 0.516 bits per heavy atom. The number of esters is 1. The average molecular weight is 1280 g/mol. The first-order chi connectivity index (χ1) is 45.0. The Balaban J connectivity index is 3.36. The summed E-state index contributed by atoms with van der Waals surface area (Å²) in [5.41, 5.74) is 0. The molecular formula is C85H163NO5. The highest BCUT2D eigenvalue weighted by molar-refractivity contribution is 5.76. The smallest absolute Gasteiger partial charge is 0.305 e. The van der Waals surface area contributed by atoms with E-state index in [1.54, 1.807) is 6.08 Å². The number of hydrogen-bond donors (Lipinski definition) is 3. The van der Waals surface area contributed by atoms with Crippen molar-refractivity contribution in [2.45, 2.75) is 482 Å². The lowest BCUT2D eigenvalue weighted by molar-refractivity contribution is -0.143. The summed E-state index contributed by atoms with van der Waals surface area (Å²) in [6.07, 6.45) is 106. The van der Waals surface area contributed by atoms with Crippen LogP contribution in [0.4, 0.5) is 0 Å². The Bertz CT molecular complexity index is 1470. The van der Waals surface area contributed by atoms with E-state index in [0.29, 0.717) is 19.4 Å². The highest BCUT2D eigenvalue weighted by Gasteiger charge is 2.18. The molecule has 0 aliphatic carbocycles. The van der Waals surface area contributed by atoms with Crippen LogP contribution in [0.2, 0.25) is 0 Å². The summed E-state index contributed by atoms with van der Waals surface area (Å²) in [5.74, 6) is -0.0460. The Morgan fingerprint density at radius 3 is 0.791 bits per heavy atom. The Morgan fingerprint density at radius 1 is 0.297 bits per heavy atom. The molecule has 538 valence electrons. The van der Waals surface area contributed by atoms with E-state index in [0.717, 1.165) is 44.9 Å². The predicted octanol–water partition coefficient (Wildman–Crippen LogP) is 27.8. The Hall–Kier alpha value is -1.92. The quantitative estimate of drug-likeness (QED) is 0.0320. The van der Waals surface area contributed by atoms with Crippen molar-refractivity contribution in [3.8, 4) is 0 Å². The molecular weight excluding hydrogens is 1110 g/mol. The van der Waals surface area contributed by atoms with E-state index in [2.05, 4.69) is 43.5 Å². The zero-order valence-corrected chi connectivity index (χ0v) is 61.9. The molecule has 0 aromatic rings. The molecule has 6 heteroatoms. The van der Waals surface area contributed by atoms with Crippen LogP contribution in [0.15, 0.2) is 36.5 Å². The number of nitrogens with one attached hydrogen (secondary N) is 1. The number of aliphatic hydroxyl groups is 2. The van der Waals surface area contributed by atoms with Crippen LogP contribution in [0.1, 0.15) is 470 Å². The second-order valence-electron chi connectivity index (χ2n) is 28.8. The Kier molecular flexibility index (Phi) is 78.8. The maximum Gasteiger partial charge on any atom is 0.305 e. The molecule has 0 aliphatic heterocycles. The highest BCUT2D eigenvalue weighted by Crippen LogP contribution is 2.20. The van der Waals surface area contributed by atoms with Crippen molar-refractivity contribution in [3.05, 3.63) is 36.5 Å². The first-order valence-corrected chi connectivity index (χ1v) is 41.8. The average Bonchev–Trinajstić information content (AvgIpc) is 3.68. The second-order valence-corrected chi connectivity index (χ2v) is 28.8. The topological polar surface area (TPSA) is 95.9 Å². The standard InChI is InChI=1S/C85H163NO5/c1-3-5-7-9-11-13-15-17-18-19-20-21-22-38-41-44-47-50-54-57-61-65-69-73-77-83(88)82(81-87)86-84(89)78-74-70-66-62-58-55-51-48-45-42-39-36-34-32-30-28-26-24-23-25-27-29-31-33-35-37-40-43-46-49-52-56-60-64-68-72-76-80-91-85(90)79-75-71-67-63-59-53-16-14-12-10-8-6-4-2/h14,16,23,25,73,77,82-83,87-88H,3-13,15,17-22,24,26-72,74-76,78-81H2,1-2H3,(H,86,89)/b16-14-,25-23-,77-73+. The minimum atomic E-state index is -0.843. The molecule has 0 radical (unpaired) electrons. The lowest BCUT2D eigenvalue weighted by Gasteiger charge is -2.20. The summed E-state index contributed by atoms with van der Waals surface area (Å²) in [4.78, 5) is 24.6. The number of aliphatic hydroxyl groups excluding tert-OH is 2. The molecule has 0 bridgehead atoms. The van der Waals surface area contributed by atoms with Crippen molar-refractivity contribution in [3.63, 3.8) is 0 Å². The fourth-order valence-electron chi connectivity index (χ4n) is 13.3. The van der Waals surface area contributed by atoms with Crippen LogP contribution in [0.25, 0.3) is 0 Å². The molecule has 1 amide bonds. The van der Waals surface area contributed by atoms with E-state index < -0.39 is 12.1 Å². The second kappa shape index (κ2) is 80.5. The summed E-state index contributed by atoms with van der Waals surface area (Å²) in [7, 11) is 0. The molecule has 6 nitrogen and oxygen atoms in total. The van der Waals surface area contributed by atoms with Crippen LogP contribution in [0.5, 0.6) is 0 Å². The van der Waals surface area contributed by atoms with Crippen molar-refractivity contribution >= 4 is 11.9 Å². The molecule has 0 aliphatic rings. The highest BCUT2D eigenvalue weighted by atomic mass is 16.5. The number of hydrogen-bond acceptors (Lipinski definition) is 5. The predicted molar refractivity (Wildman–Crippen MR) is 403 cm³/mol. The molecule has 0 aromatic carbocycles.